The highest BCUT2D eigenvalue weighted by molar-refractivity contribution is 5.69. The fraction of sp³-hybridized carbons (Fsp3) is 0.875. The van der Waals surface area contributed by atoms with Gasteiger partial charge in [0.1, 0.15) is 0 Å². The van der Waals surface area contributed by atoms with Gasteiger partial charge in [0.2, 0.25) is 0 Å². The van der Waals surface area contributed by atoms with E-state index in [9.17, 15) is 4.79 Å². The highest BCUT2D eigenvalue weighted by Crippen LogP contribution is 2.16. The molecule has 1 rings (SSSR count). The van der Waals surface area contributed by atoms with Crippen molar-refractivity contribution in [2.24, 2.45) is 0 Å². The van der Waals surface area contributed by atoms with E-state index in [1.165, 1.54) is 70.6 Å². The molecular weight excluding hydrogens is 336 g/mol. The summed E-state index contributed by atoms with van der Waals surface area (Å²) in [5, 5.41) is 0. The second-order valence-electron chi connectivity index (χ2n) is 8.01. The first-order chi connectivity index (χ1) is 13.3. The molecule has 1 atom stereocenters. The van der Waals surface area contributed by atoms with E-state index in [1.807, 2.05) is 0 Å². The number of esters is 1. The van der Waals surface area contributed by atoms with E-state index < -0.39 is 0 Å². The summed E-state index contributed by atoms with van der Waals surface area (Å²) in [5.74, 6) is -0.0182. The number of carbonyl (C=O) groups is 1. The topological polar surface area (TPSA) is 38.8 Å². The Kier molecular flexibility index (Phi) is 16.6. The van der Waals surface area contributed by atoms with Crippen LogP contribution < -0.4 is 0 Å². The average Bonchev–Trinajstić information content (AvgIpc) is 3.49. The first-order valence-electron chi connectivity index (χ1n) is 11.7. The highest BCUT2D eigenvalue weighted by atomic mass is 16.6. The molecule has 0 aromatic heterocycles. The predicted octanol–water partition coefficient (Wildman–Crippen LogP) is 7.14. The minimum absolute atomic E-state index is 0.0182. The fourth-order valence-electron chi connectivity index (χ4n) is 3.31. The van der Waals surface area contributed by atoms with Crippen LogP contribution in [0.2, 0.25) is 0 Å². The summed E-state index contributed by atoms with van der Waals surface area (Å²) in [6, 6.07) is 0. The molecule has 1 fully saturated rings. The molecule has 158 valence electrons. The van der Waals surface area contributed by atoms with E-state index in [2.05, 4.69) is 19.1 Å². The molecule has 1 heterocycles. The highest BCUT2D eigenvalue weighted by Gasteiger charge is 2.21. The second-order valence-corrected chi connectivity index (χ2v) is 8.01. The Morgan fingerprint density at radius 2 is 1.44 bits per heavy atom. The van der Waals surface area contributed by atoms with Crippen molar-refractivity contribution in [2.75, 3.05) is 13.2 Å². The quantitative estimate of drug-likeness (QED) is 0.0975. The molecule has 3 nitrogen and oxygen atoms in total. The SMILES string of the molecule is CCCCCCCC/C=C\CCCCCCCC(=O)OCCCCC1CO1. The minimum atomic E-state index is -0.0182. The van der Waals surface area contributed by atoms with Crippen molar-refractivity contribution in [1.29, 1.82) is 0 Å². The molecule has 1 saturated heterocycles. The van der Waals surface area contributed by atoms with Crippen molar-refractivity contribution in [1.82, 2.24) is 0 Å². The number of allylic oxidation sites excluding steroid dienone is 2. The van der Waals surface area contributed by atoms with E-state index in [4.69, 9.17) is 9.47 Å². The van der Waals surface area contributed by atoms with Gasteiger partial charge in [-0.1, -0.05) is 70.4 Å². The minimum Gasteiger partial charge on any atom is -0.466 e. The molecule has 0 amide bonds. The first kappa shape index (κ1) is 24.2. The zero-order chi connectivity index (χ0) is 19.4. The zero-order valence-electron chi connectivity index (χ0n) is 17.9. The van der Waals surface area contributed by atoms with Gasteiger partial charge in [-0.05, 0) is 51.4 Å². The summed E-state index contributed by atoms with van der Waals surface area (Å²) in [4.78, 5) is 11.6. The van der Waals surface area contributed by atoms with Crippen LogP contribution in [0.5, 0.6) is 0 Å². The number of ether oxygens (including phenoxy) is 2. The van der Waals surface area contributed by atoms with Gasteiger partial charge in [0.25, 0.3) is 0 Å². The molecule has 1 unspecified atom stereocenters. The molecule has 3 heteroatoms. The Labute approximate surface area is 168 Å². The average molecular weight is 381 g/mol. The summed E-state index contributed by atoms with van der Waals surface area (Å²) >= 11 is 0. The lowest BCUT2D eigenvalue weighted by molar-refractivity contribution is -0.143. The van der Waals surface area contributed by atoms with Crippen LogP contribution in [0.4, 0.5) is 0 Å². The Morgan fingerprint density at radius 3 is 2.07 bits per heavy atom. The number of hydrogen-bond acceptors (Lipinski definition) is 3. The van der Waals surface area contributed by atoms with Crippen molar-refractivity contribution < 1.29 is 14.3 Å². The summed E-state index contributed by atoms with van der Waals surface area (Å²) in [6.07, 6.45) is 25.7. The van der Waals surface area contributed by atoms with Gasteiger partial charge in [-0.15, -0.1) is 0 Å². The molecule has 0 aliphatic carbocycles. The Hall–Kier alpha value is -0.830. The predicted molar refractivity (Wildman–Crippen MR) is 114 cm³/mol. The monoisotopic (exact) mass is 380 g/mol. The van der Waals surface area contributed by atoms with Crippen LogP contribution in [0.1, 0.15) is 116 Å². The first-order valence-corrected chi connectivity index (χ1v) is 11.7. The van der Waals surface area contributed by atoms with Gasteiger partial charge in [0, 0.05) is 6.42 Å². The number of carbonyl (C=O) groups excluding carboxylic acids is 1. The van der Waals surface area contributed by atoms with Crippen LogP contribution in [0.3, 0.4) is 0 Å². The van der Waals surface area contributed by atoms with Gasteiger partial charge in [0.15, 0.2) is 0 Å². The van der Waals surface area contributed by atoms with Crippen molar-refractivity contribution in [3.8, 4) is 0 Å². The number of unbranched alkanes of at least 4 members (excludes halogenated alkanes) is 12. The summed E-state index contributed by atoms with van der Waals surface area (Å²) in [7, 11) is 0. The number of hydrogen-bond donors (Lipinski definition) is 0. The van der Waals surface area contributed by atoms with Gasteiger partial charge < -0.3 is 9.47 Å². The van der Waals surface area contributed by atoms with E-state index in [-0.39, 0.29) is 5.97 Å². The third-order valence-corrected chi connectivity index (χ3v) is 5.23. The standard InChI is InChI=1S/C24H44O3/c1-2-3-4-5-6-7-8-9-10-11-12-13-14-15-16-20-24(25)26-21-18-17-19-23-22-27-23/h9-10,23H,2-8,11-22H2,1H3/b10-9-. The lowest BCUT2D eigenvalue weighted by atomic mass is 10.1. The van der Waals surface area contributed by atoms with Crippen molar-refractivity contribution in [3.63, 3.8) is 0 Å². The summed E-state index contributed by atoms with van der Waals surface area (Å²) in [6.45, 7) is 3.78. The van der Waals surface area contributed by atoms with Crippen LogP contribution in [0, 0.1) is 0 Å². The van der Waals surface area contributed by atoms with E-state index in [0.717, 1.165) is 38.7 Å². The van der Waals surface area contributed by atoms with Crippen molar-refractivity contribution >= 4 is 5.97 Å². The molecule has 0 aromatic carbocycles. The fourth-order valence-corrected chi connectivity index (χ4v) is 3.31. The maximum absolute atomic E-state index is 11.6. The van der Waals surface area contributed by atoms with Gasteiger partial charge in [-0.25, -0.2) is 0 Å². The summed E-state index contributed by atoms with van der Waals surface area (Å²) < 4.78 is 10.4. The van der Waals surface area contributed by atoms with Crippen LogP contribution in [0.25, 0.3) is 0 Å². The van der Waals surface area contributed by atoms with Crippen LogP contribution in [-0.4, -0.2) is 25.3 Å². The molecule has 0 bridgehead atoms. The Morgan fingerprint density at radius 1 is 0.852 bits per heavy atom. The molecule has 27 heavy (non-hydrogen) atoms. The lowest BCUT2D eigenvalue weighted by Gasteiger charge is -2.04. The van der Waals surface area contributed by atoms with Gasteiger partial charge in [-0.2, -0.15) is 0 Å². The largest absolute Gasteiger partial charge is 0.466 e. The molecule has 1 aliphatic rings. The van der Waals surface area contributed by atoms with Crippen molar-refractivity contribution in [2.45, 2.75) is 122 Å². The Bertz CT molecular complexity index is 361. The van der Waals surface area contributed by atoms with E-state index in [1.54, 1.807) is 0 Å². The van der Waals surface area contributed by atoms with Gasteiger partial charge >= 0.3 is 5.97 Å². The molecule has 1 aliphatic heterocycles. The number of epoxide rings is 1. The molecule has 0 spiro atoms. The second kappa shape index (κ2) is 18.5. The van der Waals surface area contributed by atoms with Crippen LogP contribution in [-0.2, 0) is 14.3 Å². The number of rotatable bonds is 20. The van der Waals surface area contributed by atoms with Crippen molar-refractivity contribution in [3.05, 3.63) is 12.2 Å². The van der Waals surface area contributed by atoms with E-state index in [0.29, 0.717) is 19.1 Å². The molecule has 0 saturated carbocycles. The molecular formula is C24H44O3. The molecule has 0 aromatic rings. The molecule has 0 radical (unpaired) electrons. The maximum Gasteiger partial charge on any atom is 0.305 e. The molecule has 0 N–H and O–H groups in total. The van der Waals surface area contributed by atoms with E-state index >= 15 is 0 Å². The third-order valence-electron chi connectivity index (χ3n) is 5.23. The lowest BCUT2D eigenvalue weighted by Crippen LogP contribution is -2.05. The van der Waals surface area contributed by atoms with Crippen LogP contribution in [0.15, 0.2) is 12.2 Å². The normalized spacial score (nSPS) is 16.1. The van der Waals surface area contributed by atoms with Gasteiger partial charge in [-0.3, -0.25) is 4.79 Å². The maximum atomic E-state index is 11.6. The smallest absolute Gasteiger partial charge is 0.305 e. The summed E-state index contributed by atoms with van der Waals surface area (Å²) in [5.41, 5.74) is 0. The zero-order valence-corrected chi connectivity index (χ0v) is 17.9. The Balaban J connectivity index is 1.71. The third kappa shape index (κ3) is 18.3. The van der Waals surface area contributed by atoms with Gasteiger partial charge in [0.05, 0.1) is 19.3 Å². The van der Waals surface area contributed by atoms with Crippen LogP contribution >= 0.6 is 0 Å².